The highest BCUT2D eigenvalue weighted by Crippen LogP contribution is 2.34. The molecule has 0 saturated heterocycles. The zero-order valence-electron chi connectivity index (χ0n) is 11.3. The van der Waals surface area contributed by atoms with Gasteiger partial charge in [0.05, 0.1) is 0 Å². The third kappa shape index (κ3) is 4.10. The van der Waals surface area contributed by atoms with E-state index >= 15 is 0 Å². The Hall–Kier alpha value is -0.920. The molecule has 0 radical (unpaired) electrons. The Morgan fingerprint density at radius 2 is 2.00 bits per heavy atom. The topological polar surface area (TPSA) is 34.1 Å². The average molecular weight is 236 g/mol. The molecule has 1 saturated carbocycles. The van der Waals surface area contributed by atoms with E-state index in [0.717, 1.165) is 24.8 Å². The van der Waals surface area contributed by atoms with E-state index in [4.69, 9.17) is 0 Å². The second kappa shape index (κ2) is 6.13. The Labute approximate surface area is 104 Å². The van der Waals surface area contributed by atoms with Gasteiger partial charge in [-0.3, -0.25) is 4.79 Å². The van der Waals surface area contributed by atoms with Crippen molar-refractivity contribution in [3.8, 4) is 0 Å². The van der Waals surface area contributed by atoms with Crippen molar-refractivity contribution >= 4 is 11.6 Å². The predicted molar refractivity (Wildman–Crippen MR) is 69.7 cm³/mol. The summed E-state index contributed by atoms with van der Waals surface area (Å²) in [5.74, 6) is 1.37. The Balaban J connectivity index is 2.67. The van der Waals surface area contributed by atoms with Crippen LogP contribution in [-0.2, 0) is 9.59 Å². The first kappa shape index (κ1) is 14.1. The van der Waals surface area contributed by atoms with Crippen LogP contribution < -0.4 is 0 Å². The van der Waals surface area contributed by atoms with E-state index in [1.807, 2.05) is 6.92 Å². The standard InChI is InChI=1S/C15H24O2/c1-10(2)13-7-5-11(3)14(15(17)9-13)8-6-12(4)16/h11,13-14H,1,5-9H2,2-4H3/t11-,13+,14+/m0/s1. The fourth-order valence-electron chi connectivity index (χ4n) is 2.70. The second-order valence-electron chi connectivity index (χ2n) is 5.62. The molecule has 0 heterocycles. The molecule has 17 heavy (non-hydrogen) atoms. The summed E-state index contributed by atoms with van der Waals surface area (Å²) < 4.78 is 0. The minimum Gasteiger partial charge on any atom is -0.300 e. The first-order valence-electron chi connectivity index (χ1n) is 6.59. The van der Waals surface area contributed by atoms with Gasteiger partial charge in [-0.25, -0.2) is 0 Å². The third-order valence-electron chi connectivity index (χ3n) is 4.02. The van der Waals surface area contributed by atoms with Gasteiger partial charge in [-0.15, -0.1) is 0 Å². The highest BCUT2D eigenvalue weighted by atomic mass is 16.1. The van der Waals surface area contributed by atoms with Crippen LogP contribution in [0.4, 0.5) is 0 Å². The molecular formula is C15H24O2. The molecule has 0 spiro atoms. The largest absolute Gasteiger partial charge is 0.300 e. The van der Waals surface area contributed by atoms with Crippen molar-refractivity contribution in [2.45, 2.75) is 52.9 Å². The van der Waals surface area contributed by atoms with Crippen molar-refractivity contribution < 1.29 is 9.59 Å². The van der Waals surface area contributed by atoms with Gasteiger partial charge >= 0.3 is 0 Å². The molecule has 0 unspecified atom stereocenters. The quantitative estimate of drug-likeness (QED) is 0.552. The summed E-state index contributed by atoms with van der Waals surface area (Å²) in [6.45, 7) is 9.73. The number of rotatable bonds is 4. The molecule has 0 aromatic rings. The van der Waals surface area contributed by atoms with Crippen LogP contribution in [0.3, 0.4) is 0 Å². The van der Waals surface area contributed by atoms with E-state index in [0.29, 0.717) is 30.5 Å². The minimum atomic E-state index is 0.0863. The zero-order valence-corrected chi connectivity index (χ0v) is 11.3. The molecule has 0 aromatic heterocycles. The normalized spacial score (nSPS) is 29.8. The van der Waals surface area contributed by atoms with Crippen molar-refractivity contribution in [2.75, 3.05) is 0 Å². The SMILES string of the molecule is C=C(C)[C@@H]1CC[C@H](C)[C@@H](CCC(C)=O)C(=O)C1. The fourth-order valence-corrected chi connectivity index (χ4v) is 2.70. The maximum atomic E-state index is 12.2. The number of carbonyl (C=O) groups is 2. The van der Waals surface area contributed by atoms with Gasteiger partial charge in [0.2, 0.25) is 0 Å². The minimum absolute atomic E-state index is 0.0863. The summed E-state index contributed by atoms with van der Waals surface area (Å²) >= 11 is 0. The van der Waals surface area contributed by atoms with Gasteiger partial charge < -0.3 is 4.79 Å². The van der Waals surface area contributed by atoms with Gasteiger partial charge in [-0.1, -0.05) is 19.1 Å². The van der Waals surface area contributed by atoms with Crippen LogP contribution in [0.15, 0.2) is 12.2 Å². The van der Waals surface area contributed by atoms with E-state index < -0.39 is 0 Å². The molecule has 0 N–H and O–H groups in total. The summed E-state index contributed by atoms with van der Waals surface area (Å²) in [5.41, 5.74) is 1.12. The molecule has 96 valence electrons. The summed E-state index contributed by atoms with van der Waals surface area (Å²) in [5, 5.41) is 0. The Morgan fingerprint density at radius 3 is 2.53 bits per heavy atom. The highest BCUT2D eigenvalue weighted by Gasteiger charge is 2.31. The van der Waals surface area contributed by atoms with Gasteiger partial charge in [0.1, 0.15) is 11.6 Å². The van der Waals surface area contributed by atoms with Crippen LogP contribution in [0.1, 0.15) is 52.9 Å². The van der Waals surface area contributed by atoms with Gasteiger partial charge in [-0.2, -0.15) is 0 Å². The summed E-state index contributed by atoms with van der Waals surface area (Å²) in [6.07, 6.45) is 4.05. The van der Waals surface area contributed by atoms with Crippen LogP contribution in [-0.4, -0.2) is 11.6 Å². The maximum Gasteiger partial charge on any atom is 0.136 e. The molecule has 2 heteroatoms. The lowest BCUT2D eigenvalue weighted by atomic mass is 9.84. The van der Waals surface area contributed by atoms with E-state index in [1.54, 1.807) is 6.92 Å². The molecule has 1 aliphatic rings. The van der Waals surface area contributed by atoms with Crippen LogP contribution in [0, 0.1) is 17.8 Å². The maximum absolute atomic E-state index is 12.2. The number of hydrogen-bond acceptors (Lipinski definition) is 2. The second-order valence-corrected chi connectivity index (χ2v) is 5.62. The monoisotopic (exact) mass is 236 g/mol. The number of ketones is 2. The number of Topliss-reactive ketones (excluding diaryl/α,β-unsaturated/α-hetero) is 2. The van der Waals surface area contributed by atoms with Crippen LogP contribution in [0.5, 0.6) is 0 Å². The molecule has 0 aliphatic heterocycles. The molecule has 1 aliphatic carbocycles. The fraction of sp³-hybridized carbons (Fsp3) is 0.733. The summed E-state index contributed by atoms with van der Waals surface area (Å²) in [6, 6.07) is 0. The lowest BCUT2D eigenvalue weighted by Crippen LogP contribution is -2.21. The van der Waals surface area contributed by atoms with Gasteiger partial charge in [0.15, 0.2) is 0 Å². The zero-order chi connectivity index (χ0) is 13.0. The average Bonchev–Trinajstić information content (AvgIpc) is 2.36. The first-order valence-corrected chi connectivity index (χ1v) is 6.59. The molecule has 0 amide bonds. The van der Waals surface area contributed by atoms with Crippen molar-refractivity contribution in [2.24, 2.45) is 17.8 Å². The number of carbonyl (C=O) groups excluding carboxylic acids is 2. The molecule has 0 aromatic carbocycles. The third-order valence-corrected chi connectivity index (χ3v) is 4.02. The van der Waals surface area contributed by atoms with Gasteiger partial charge in [0.25, 0.3) is 0 Å². The van der Waals surface area contributed by atoms with E-state index in [9.17, 15) is 9.59 Å². The van der Waals surface area contributed by atoms with Crippen molar-refractivity contribution in [3.63, 3.8) is 0 Å². The Bertz CT molecular complexity index is 317. The predicted octanol–water partition coefficient (Wildman–Crippen LogP) is 3.55. The van der Waals surface area contributed by atoms with E-state index in [-0.39, 0.29) is 11.7 Å². The first-order chi connectivity index (χ1) is 7.91. The van der Waals surface area contributed by atoms with Crippen LogP contribution in [0.2, 0.25) is 0 Å². The molecular weight excluding hydrogens is 212 g/mol. The number of hydrogen-bond donors (Lipinski definition) is 0. The number of allylic oxidation sites excluding steroid dienone is 1. The van der Waals surface area contributed by atoms with Crippen LogP contribution >= 0.6 is 0 Å². The molecule has 3 atom stereocenters. The van der Waals surface area contributed by atoms with Crippen molar-refractivity contribution in [1.29, 1.82) is 0 Å². The molecule has 0 bridgehead atoms. The Morgan fingerprint density at radius 1 is 1.35 bits per heavy atom. The summed E-state index contributed by atoms with van der Waals surface area (Å²) in [7, 11) is 0. The molecule has 1 fully saturated rings. The highest BCUT2D eigenvalue weighted by molar-refractivity contribution is 5.83. The molecule has 1 rings (SSSR count). The summed E-state index contributed by atoms with van der Waals surface area (Å²) in [4.78, 5) is 23.2. The van der Waals surface area contributed by atoms with Crippen molar-refractivity contribution in [3.05, 3.63) is 12.2 Å². The van der Waals surface area contributed by atoms with Crippen LogP contribution in [0.25, 0.3) is 0 Å². The van der Waals surface area contributed by atoms with E-state index in [2.05, 4.69) is 13.5 Å². The smallest absolute Gasteiger partial charge is 0.136 e. The Kier molecular flexibility index (Phi) is 5.10. The van der Waals surface area contributed by atoms with E-state index in [1.165, 1.54) is 0 Å². The molecule has 2 nitrogen and oxygen atoms in total. The van der Waals surface area contributed by atoms with Crippen molar-refractivity contribution in [1.82, 2.24) is 0 Å². The van der Waals surface area contributed by atoms with Gasteiger partial charge in [0, 0.05) is 18.8 Å². The lowest BCUT2D eigenvalue weighted by molar-refractivity contribution is -0.125. The lowest BCUT2D eigenvalue weighted by Gasteiger charge is -2.19. The van der Waals surface area contributed by atoms with Gasteiger partial charge in [-0.05, 0) is 44.9 Å².